The number of anilines is 1. The number of rotatable bonds is 6. The molecule has 0 atom stereocenters. The van der Waals surface area contributed by atoms with Gasteiger partial charge in [0.05, 0.1) is 12.8 Å². The van der Waals surface area contributed by atoms with Gasteiger partial charge in [0.1, 0.15) is 11.5 Å². The summed E-state index contributed by atoms with van der Waals surface area (Å²) < 4.78 is 10.7. The van der Waals surface area contributed by atoms with Gasteiger partial charge in [0.15, 0.2) is 12.0 Å². The van der Waals surface area contributed by atoms with Crippen molar-refractivity contribution in [1.29, 1.82) is 0 Å². The van der Waals surface area contributed by atoms with Crippen molar-refractivity contribution < 1.29 is 18.7 Å². The Hall–Kier alpha value is -2.56. The van der Waals surface area contributed by atoms with E-state index in [4.69, 9.17) is 9.15 Å². The smallest absolute Gasteiger partial charge is 0.224 e. The van der Waals surface area contributed by atoms with Crippen LogP contribution in [0.3, 0.4) is 0 Å². The standard InChI is InChI=1S/C17H19NO4/c1-11(2)8-17(20)18-14-6-4-12(9-16(14)21-3)15-7-5-13(10-19)22-15/h4-7,9-11H,8H2,1-3H3,(H,18,20). The minimum Gasteiger partial charge on any atom is -0.495 e. The fourth-order valence-electron chi connectivity index (χ4n) is 2.09. The summed E-state index contributed by atoms with van der Waals surface area (Å²) in [5, 5.41) is 2.84. The molecule has 5 heteroatoms. The second kappa shape index (κ2) is 6.93. The predicted octanol–water partition coefficient (Wildman–Crippen LogP) is 3.75. The van der Waals surface area contributed by atoms with E-state index in [9.17, 15) is 9.59 Å². The van der Waals surface area contributed by atoms with Crippen LogP contribution >= 0.6 is 0 Å². The van der Waals surface area contributed by atoms with E-state index >= 15 is 0 Å². The van der Waals surface area contributed by atoms with Crippen LogP contribution in [0.5, 0.6) is 5.75 Å². The third kappa shape index (κ3) is 3.75. The summed E-state index contributed by atoms with van der Waals surface area (Å²) in [5.41, 5.74) is 1.38. The Morgan fingerprint density at radius 1 is 1.32 bits per heavy atom. The molecule has 22 heavy (non-hydrogen) atoms. The summed E-state index contributed by atoms with van der Waals surface area (Å²) in [4.78, 5) is 22.5. The average molecular weight is 301 g/mol. The van der Waals surface area contributed by atoms with Gasteiger partial charge in [0.2, 0.25) is 5.91 Å². The van der Waals surface area contributed by atoms with Gasteiger partial charge in [-0.25, -0.2) is 0 Å². The molecule has 1 heterocycles. The first-order valence-electron chi connectivity index (χ1n) is 7.06. The summed E-state index contributed by atoms with van der Waals surface area (Å²) in [6.45, 7) is 3.98. The lowest BCUT2D eigenvalue weighted by atomic mass is 10.1. The Balaban J connectivity index is 2.23. The molecule has 0 unspecified atom stereocenters. The van der Waals surface area contributed by atoms with Crippen LogP contribution in [-0.4, -0.2) is 19.3 Å². The van der Waals surface area contributed by atoms with Crippen molar-refractivity contribution in [2.45, 2.75) is 20.3 Å². The van der Waals surface area contributed by atoms with Gasteiger partial charge in [-0.1, -0.05) is 13.8 Å². The summed E-state index contributed by atoms with van der Waals surface area (Å²) in [7, 11) is 1.54. The number of hydrogen-bond donors (Lipinski definition) is 1. The van der Waals surface area contributed by atoms with E-state index in [-0.39, 0.29) is 17.6 Å². The molecule has 0 spiro atoms. The van der Waals surface area contributed by atoms with Gasteiger partial charge in [-0.3, -0.25) is 9.59 Å². The maximum absolute atomic E-state index is 11.9. The highest BCUT2D eigenvalue weighted by atomic mass is 16.5. The monoisotopic (exact) mass is 301 g/mol. The topological polar surface area (TPSA) is 68.5 Å². The number of carbonyl (C=O) groups excluding carboxylic acids is 2. The number of benzene rings is 1. The third-order valence-electron chi connectivity index (χ3n) is 3.10. The maximum Gasteiger partial charge on any atom is 0.224 e. The molecule has 0 saturated carbocycles. The molecule has 2 aromatic rings. The Morgan fingerprint density at radius 2 is 2.09 bits per heavy atom. The van der Waals surface area contributed by atoms with Crippen molar-refractivity contribution in [3.8, 4) is 17.1 Å². The molecular weight excluding hydrogens is 282 g/mol. The quantitative estimate of drug-likeness (QED) is 0.825. The van der Waals surface area contributed by atoms with Gasteiger partial charge in [-0.2, -0.15) is 0 Å². The molecule has 0 aliphatic heterocycles. The molecule has 1 N–H and O–H groups in total. The Bertz CT molecular complexity index is 673. The van der Waals surface area contributed by atoms with Gasteiger partial charge in [0.25, 0.3) is 0 Å². The molecule has 0 fully saturated rings. The molecule has 1 aromatic carbocycles. The minimum absolute atomic E-state index is 0.0534. The van der Waals surface area contributed by atoms with E-state index in [1.165, 1.54) is 7.11 Å². The van der Waals surface area contributed by atoms with Crippen molar-refractivity contribution in [3.05, 3.63) is 36.1 Å². The highest BCUT2D eigenvalue weighted by molar-refractivity contribution is 5.92. The van der Waals surface area contributed by atoms with Gasteiger partial charge in [-0.05, 0) is 36.2 Å². The van der Waals surface area contributed by atoms with Gasteiger partial charge < -0.3 is 14.5 Å². The Kier molecular flexibility index (Phi) is 4.99. The molecule has 0 aliphatic rings. The van der Waals surface area contributed by atoms with Crippen molar-refractivity contribution in [2.24, 2.45) is 5.92 Å². The molecule has 1 amide bonds. The average Bonchev–Trinajstić information content (AvgIpc) is 2.95. The zero-order valence-corrected chi connectivity index (χ0v) is 12.9. The summed E-state index contributed by atoms with van der Waals surface area (Å²) in [6, 6.07) is 8.65. The number of aldehydes is 1. The van der Waals surface area contributed by atoms with E-state index < -0.39 is 0 Å². The van der Waals surface area contributed by atoms with Crippen molar-refractivity contribution in [3.63, 3.8) is 0 Å². The lowest BCUT2D eigenvalue weighted by molar-refractivity contribution is -0.116. The molecule has 5 nitrogen and oxygen atoms in total. The van der Waals surface area contributed by atoms with Crippen LogP contribution in [0.1, 0.15) is 30.8 Å². The normalized spacial score (nSPS) is 10.5. The molecular formula is C17H19NO4. The summed E-state index contributed by atoms with van der Waals surface area (Å²) >= 11 is 0. The second-order valence-corrected chi connectivity index (χ2v) is 5.38. The molecule has 0 aliphatic carbocycles. The summed E-state index contributed by atoms with van der Waals surface area (Å²) in [6.07, 6.45) is 1.10. The lowest BCUT2D eigenvalue weighted by Gasteiger charge is -2.12. The Labute approximate surface area is 129 Å². The first-order valence-corrected chi connectivity index (χ1v) is 7.06. The second-order valence-electron chi connectivity index (χ2n) is 5.38. The first-order chi connectivity index (χ1) is 10.5. The number of methoxy groups -OCH3 is 1. The highest BCUT2D eigenvalue weighted by Gasteiger charge is 2.12. The van der Waals surface area contributed by atoms with Gasteiger partial charge in [-0.15, -0.1) is 0 Å². The fourth-order valence-corrected chi connectivity index (χ4v) is 2.09. The number of hydrogen-bond acceptors (Lipinski definition) is 4. The van der Waals surface area contributed by atoms with E-state index in [2.05, 4.69) is 5.32 Å². The Morgan fingerprint density at radius 3 is 2.68 bits per heavy atom. The number of amides is 1. The van der Waals surface area contributed by atoms with Crippen LogP contribution in [0.4, 0.5) is 5.69 Å². The molecule has 0 bridgehead atoms. The van der Waals surface area contributed by atoms with Crippen LogP contribution in [0.15, 0.2) is 34.7 Å². The zero-order chi connectivity index (χ0) is 16.1. The SMILES string of the molecule is COc1cc(-c2ccc(C=O)o2)ccc1NC(=O)CC(C)C. The van der Waals surface area contributed by atoms with Crippen LogP contribution in [0.2, 0.25) is 0 Å². The number of ether oxygens (including phenoxy) is 1. The molecule has 2 rings (SSSR count). The number of carbonyl (C=O) groups is 2. The van der Waals surface area contributed by atoms with Crippen molar-refractivity contribution in [2.75, 3.05) is 12.4 Å². The highest BCUT2D eigenvalue weighted by Crippen LogP contribution is 2.31. The van der Waals surface area contributed by atoms with Crippen molar-refractivity contribution in [1.82, 2.24) is 0 Å². The predicted molar refractivity (Wildman–Crippen MR) is 84.2 cm³/mol. The first kappa shape index (κ1) is 15.8. The largest absolute Gasteiger partial charge is 0.495 e. The third-order valence-corrected chi connectivity index (χ3v) is 3.10. The van der Waals surface area contributed by atoms with E-state index in [0.717, 1.165) is 5.56 Å². The van der Waals surface area contributed by atoms with E-state index in [1.807, 2.05) is 13.8 Å². The van der Waals surface area contributed by atoms with Crippen LogP contribution in [-0.2, 0) is 4.79 Å². The number of nitrogens with one attached hydrogen (secondary N) is 1. The minimum atomic E-state index is -0.0534. The molecule has 116 valence electrons. The van der Waals surface area contributed by atoms with Crippen molar-refractivity contribution >= 4 is 17.9 Å². The lowest BCUT2D eigenvalue weighted by Crippen LogP contribution is -2.14. The van der Waals surface area contributed by atoms with Gasteiger partial charge >= 0.3 is 0 Å². The van der Waals surface area contributed by atoms with E-state index in [0.29, 0.717) is 29.9 Å². The van der Waals surface area contributed by atoms with Crippen LogP contribution in [0.25, 0.3) is 11.3 Å². The fraction of sp³-hybridized carbons (Fsp3) is 0.294. The number of furan rings is 1. The molecule has 0 saturated heterocycles. The van der Waals surface area contributed by atoms with E-state index in [1.54, 1.807) is 30.3 Å². The summed E-state index contributed by atoms with van der Waals surface area (Å²) in [5.74, 6) is 1.61. The van der Waals surface area contributed by atoms with Crippen LogP contribution < -0.4 is 10.1 Å². The molecule has 0 radical (unpaired) electrons. The van der Waals surface area contributed by atoms with Crippen LogP contribution in [0, 0.1) is 5.92 Å². The van der Waals surface area contributed by atoms with Gasteiger partial charge in [0, 0.05) is 12.0 Å². The maximum atomic E-state index is 11.9. The zero-order valence-electron chi connectivity index (χ0n) is 12.9. The molecule has 1 aromatic heterocycles.